The minimum atomic E-state index is -3.51. The fourth-order valence-corrected chi connectivity index (χ4v) is 4.15. The molecular formula is C19H20N2O3S. The Kier molecular flexibility index (Phi) is 4.76. The maximum absolute atomic E-state index is 12.8. The molecule has 130 valence electrons. The Morgan fingerprint density at radius 1 is 1.16 bits per heavy atom. The van der Waals surface area contributed by atoms with E-state index in [1.165, 1.54) is 4.31 Å². The molecule has 1 heterocycles. The molecule has 2 aromatic carbocycles. The Morgan fingerprint density at radius 3 is 2.52 bits per heavy atom. The predicted octanol–water partition coefficient (Wildman–Crippen LogP) is 3.21. The molecule has 2 aromatic rings. The highest BCUT2D eigenvalue weighted by molar-refractivity contribution is 7.89. The largest absolute Gasteiger partial charge is 0.291 e. The number of aryl methyl sites for hydroxylation is 1. The van der Waals surface area contributed by atoms with E-state index in [0.29, 0.717) is 23.7 Å². The van der Waals surface area contributed by atoms with Crippen molar-refractivity contribution >= 4 is 16.1 Å². The zero-order valence-electron chi connectivity index (χ0n) is 13.9. The van der Waals surface area contributed by atoms with Crippen LogP contribution in [0.4, 0.5) is 0 Å². The first-order valence-corrected chi connectivity index (χ1v) is 9.30. The summed E-state index contributed by atoms with van der Waals surface area (Å²) in [6.45, 7) is 6.27. The number of rotatable bonds is 5. The fourth-order valence-electron chi connectivity index (χ4n) is 2.75. The summed E-state index contributed by atoms with van der Waals surface area (Å²) in [5.41, 5.74) is 6.29. The Labute approximate surface area is 147 Å². The van der Waals surface area contributed by atoms with Crippen LogP contribution in [0.1, 0.15) is 22.3 Å². The van der Waals surface area contributed by atoms with E-state index < -0.39 is 10.0 Å². The van der Waals surface area contributed by atoms with Gasteiger partial charge >= 0.3 is 0 Å². The minimum Gasteiger partial charge on any atom is -0.291 e. The second-order valence-electron chi connectivity index (χ2n) is 6.08. The summed E-state index contributed by atoms with van der Waals surface area (Å²) in [5.74, 6) is 0. The van der Waals surface area contributed by atoms with Crippen LogP contribution in [-0.2, 0) is 23.1 Å². The van der Waals surface area contributed by atoms with Crippen molar-refractivity contribution in [3.05, 3.63) is 83.1 Å². The topological polar surface area (TPSA) is 69.6 Å². The number of sulfonamides is 1. The number of fused-ring (bicyclic) bond motifs is 1. The van der Waals surface area contributed by atoms with Crippen molar-refractivity contribution in [1.29, 1.82) is 0 Å². The third-order valence-electron chi connectivity index (χ3n) is 4.20. The van der Waals surface area contributed by atoms with E-state index in [1.54, 1.807) is 30.3 Å². The average molecular weight is 356 g/mol. The molecule has 0 atom stereocenters. The molecule has 3 rings (SSSR count). The van der Waals surface area contributed by atoms with E-state index in [9.17, 15) is 8.42 Å². The molecule has 5 nitrogen and oxygen atoms in total. The van der Waals surface area contributed by atoms with E-state index in [2.05, 4.69) is 6.58 Å². The van der Waals surface area contributed by atoms with Crippen molar-refractivity contribution in [1.82, 2.24) is 9.79 Å². The molecule has 2 N–H and O–H groups in total. The third-order valence-corrected chi connectivity index (χ3v) is 6.01. The first-order valence-electron chi connectivity index (χ1n) is 7.86. The third kappa shape index (κ3) is 3.66. The van der Waals surface area contributed by atoms with Crippen LogP contribution in [0, 0.1) is 6.92 Å². The van der Waals surface area contributed by atoms with Crippen molar-refractivity contribution in [2.45, 2.75) is 24.9 Å². The number of allylic oxidation sites excluding steroid dienone is 1. The lowest BCUT2D eigenvalue weighted by Crippen LogP contribution is -2.25. The van der Waals surface area contributed by atoms with Crippen LogP contribution in [0.25, 0.3) is 6.08 Å². The Bertz CT molecular complexity index is 932. The quantitative estimate of drug-likeness (QED) is 0.638. The Morgan fingerprint density at radius 2 is 1.84 bits per heavy atom. The van der Waals surface area contributed by atoms with E-state index in [4.69, 9.17) is 5.21 Å². The van der Waals surface area contributed by atoms with Crippen molar-refractivity contribution < 1.29 is 13.6 Å². The van der Waals surface area contributed by atoms with Gasteiger partial charge in [0.25, 0.3) is 0 Å². The summed E-state index contributed by atoms with van der Waals surface area (Å²) in [6, 6.07) is 12.7. The Balaban J connectivity index is 1.82. The molecule has 0 unspecified atom stereocenters. The first kappa shape index (κ1) is 17.4. The monoisotopic (exact) mass is 356 g/mol. The summed E-state index contributed by atoms with van der Waals surface area (Å²) in [4.78, 5) is 0.316. The van der Waals surface area contributed by atoms with Gasteiger partial charge in [0.15, 0.2) is 0 Å². The van der Waals surface area contributed by atoms with Gasteiger partial charge in [-0.15, -0.1) is 0 Å². The van der Waals surface area contributed by atoms with Gasteiger partial charge < -0.3 is 0 Å². The summed E-state index contributed by atoms with van der Waals surface area (Å²) >= 11 is 0. The zero-order chi connectivity index (χ0) is 18.0. The van der Waals surface area contributed by atoms with Crippen LogP contribution in [0.5, 0.6) is 0 Å². The van der Waals surface area contributed by atoms with Gasteiger partial charge in [0.1, 0.15) is 0 Å². The molecule has 0 saturated carbocycles. The van der Waals surface area contributed by atoms with Crippen molar-refractivity contribution in [3.63, 3.8) is 0 Å². The average Bonchev–Trinajstić information content (AvgIpc) is 3.04. The lowest BCUT2D eigenvalue weighted by molar-refractivity contribution is 0.205. The SMILES string of the molecule is C=C(/C=C/c1ccc2c(c1)CN(S(=O)(=O)c1ccc(C)cc1)C2)NO. The van der Waals surface area contributed by atoms with Crippen LogP contribution in [0.3, 0.4) is 0 Å². The molecule has 0 radical (unpaired) electrons. The van der Waals surface area contributed by atoms with Gasteiger partial charge in [-0.3, -0.25) is 10.7 Å². The van der Waals surface area contributed by atoms with Crippen LogP contribution in [0.15, 0.2) is 65.7 Å². The highest BCUT2D eigenvalue weighted by atomic mass is 32.2. The summed E-state index contributed by atoms with van der Waals surface area (Å²) in [5, 5.41) is 8.74. The van der Waals surface area contributed by atoms with Crippen LogP contribution in [0.2, 0.25) is 0 Å². The molecular weight excluding hydrogens is 336 g/mol. The smallest absolute Gasteiger partial charge is 0.243 e. The molecule has 0 spiro atoms. The lowest BCUT2D eigenvalue weighted by atomic mass is 10.1. The summed E-state index contributed by atoms with van der Waals surface area (Å²) in [7, 11) is -3.51. The normalized spacial score (nSPS) is 14.6. The maximum atomic E-state index is 12.8. The second-order valence-corrected chi connectivity index (χ2v) is 8.02. The van der Waals surface area contributed by atoms with Crippen LogP contribution >= 0.6 is 0 Å². The number of nitrogens with one attached hydrogen (secondary N) is 1. The number of hydroxylamine groups is 1. The second kappa shape index (κ2) is 6.84. The van der Waals surface area contributed by atoms with Crippen LogP contribution in [-0.4, -0.2) is 17.9 Å². The van der Waals surface area contributed by atoms with Gasteiger partial charge in [-0.25, -0.2) is 8.42 Å². The number of nitrogens with zero attached hydrogens (tertiary/aromatic N) is 1. The van der Waals surface area contributed by atoms with Crippen molar-refractivity contribution in [3.8, 4) is 0 Å². The molecule has 1 aliphatic rings. The van der Waals surface area contributed by atoms with Gasteiger partial charge in [0.2, 0.25) is 10.0 Å². The Hall–Kier alpha value is -2.41. The van der Waals surface area contributed by atoms with E-state index >= 15 is 0 Å². The molecule has 6 heteroatoms. The molecule has 0 fully saturated rings. The number of benzene rings is 2. The van der Waals surface area contributed by atoms with Crippen molar-refractivity contribution in [2.24, 2.45) is 0 Å². The molecule has 1 aliphatic heterocycles. The van der Waals surface area contributed by atoms with Crippen LogP contribution < -0.4 is 5.48 Å². The standard InChI is InChI=1S/C19H20N2O3S/c1-14-3-9-19(10-4-14)25(23,24)21-12-17-8-7-16(11-18(17)13-21)6-5-15(2)20-22/h3-11,20,22H,2,12-13H2,1H3/b6-5+. The minimum absolute atomic E-state index is 0.316. The van der Waals surface area contributed by atoms with E-state index in [1.807, 2.05) is 36.7 Å². The van der Waals surface area contributed by atoms with Gasteiger partial charge in [-0.05, 0) is 41.8 Å². The lowest BCUT2D eigenvalue weighted by Gasteiger charge is -2.15. The van der Waals surface area contributed by atoms with E-state index in [-0.39, 0.29) is 0 Å². The van der Waals surface area contributed by atoms with Gasteiger partial charge in [-0.2, -0.15) is 4.31 Å². The highest BCUT2D eigenvalue weighted by Crippen LogP contribution is 2.29. The molecule has 0 amide bonds. The van der Waals surface area contributed by atoms with Gasteiger partial charge in [0.05, 0.1) is 10.6 Å². The fraction of sp³-hybridized carbons (Fsp3) is 0.158. The molecule has 25 heavy (non-hydrogen) atoms. The van der Waals surface area contributed by atoms with Crippen molar-refractivity contribution in [2.75, 3.05) is 0 Å². The first-order chi connectivity index (χ1) is 11.9. The molecule has 0 bridgehead atoms. The maximum Gasteiger partial charge on any atom is 0.243 e. The zero-order valence-corrected chi connectivity index (χ0v) is 14.8. The van der Waals surface area contributed by atoms with E-state index in [0.717, 1.165) is 22.3 Å². The summed E-state index contributed by atoms with van der Waals surface area (Å²) < 4.78 is 27.1. The molecule has 0 saturated heterocycles. The number of hydrogen-bond donors (Lipinski definition) is 2. The predicted molar refractivity (Wildman–Crippen MR) is 97.2 cm³/mol. The molecule has 0 aliphatic carbocycles. The highest BCUT2D eigenvalue weighted by Gasteiger charge is 2.30. The molecule has 0 aromatic heterocycles. The number of hydrogen-bond acceptors (Lipinski definition) is 4. The summed E-state index contributed by atoms with van der Waals surface area (Å²) in [6.07, 6.45) is 3.46. The van der Waals surface area contributed by atoms with Gasteiger partial charge in [-0.1, -0.05) is 48.6 Å². The van der Waals surface area contributed by atoms with Gasteiger partial charge in [0, 0.05) is 13.1 Å².